The quantitative estimate of drug-likeness (QED) is 0.888. The van der Waals surface area contributed by atoms with Crippen LogP contribution in [0.3, 0.4) is 0 Å². The van der Waals surface area contributed by atoms with E-state index in [9.17, 15) is 4.79 Å². The molecule has 20 heavy (non-hydrogen) atoms. The second kappa shape index (κ2) is 5.74. The Balaban J connectivity index is 1.49. The number of anilines is 1. The van der Waals surface area contributed by atoms with E-state index < -0.39 is 0 Å². The Morgan fingerprint density at radius 3 is 3.00 bits per heavy atom. The van der Waals surface area contributed by atoms with Crippen LogP contribution in [0.5, 0.6) is 0 Å². The van der Waals surface area contributed by atoms with Crippen LogP contribution in [0.15, 0.2) is 48.8 Å². The van der Waals surface area contributed by atoms with Crippen molar-refractivity contribution in [3.05, 3.63) is 59.9 Å². The smallest absolute Gasteiger partial charge is 0.242 e. The van der Waals surface area contributed by atoms with E-state index in [1.54, 1.807) is 6.20 Å². The minimum atomic E-state index is -0.152. The molecule has 0 saturated heterocycles. The van der Waals surface area contributed by atoms with Gasteiger partial charge in [0, 0.05) is 31.0 Å². The van der Waals surface area contributed by atoms with E-state index in [0.29, 0.717) is 6.54 Å². The summed E-state index contributed by atoms with van der Waals surface area (Å²) in [7, 11) is 0. The summed E-state index contributed by atoms with van der Waals surface area (Å²) in [5.74, 6) is 0.0603. The van der Waals surface area contributed by atoms with Crippen molar-refractivity contribution in [2.24, 2.45) is 0 Å². The van der Waals surface area contributed by atoms with Crippen molar-refractivity contribution in [2.75, 3.05) is 11.9 Å². The van der Waals surface area contributed by atoms with Gasteiger partial charge in [0.2, 0.25) is 5.91 Å². The van der Waals surface area contributed by atoms with Gasteiger partial charge in [0.05, 0.1) is 0 Å². The number of nitrogens with zero attached hydrogens (tertiary/aromatic N) is 1. The number of nitrogens with one attached hydrogen (secondary N) is 2. The van der Waals surface area contributed by atoms with Crippen LogP contribution in [0.1, 0.15) is 11.1 Å². The Bertz CT molecular complexity index is 573. The Morgan fingerprint density at radius 2 is 2.20 bits per heavy atom. The van der Waals surface area contributed by atoms with Gasteiger partial charge in [-0.25, -0.2) is 0 Å². The third-order valence-corrected chi connectivity index (χ3v) is 3.52. The van der Waals surface area contributed by atoms with Crippen LogP contribution >= 0.6 is 0 Å². The monoisotopic (exact) mass is 267 g/mol. The van der Waals surface area contributed by atoms with Gasteiger partial charge >= 0.3 is 0 Å². The fraction of sp³-hybridized carbons (Fsp3) is 0.250. The fourth-order valence-electron chi connectivity index (χ4n) is 2.46. The average molecular weight is 267 g/mol. The molecule has 2 heterocycles. The van der Waals surface area contributed by atoms with E-state index >= 15 is 0 Å². The zero-order valence-corrected chi connectivity index (χ0v) is 11.2. The summed E-state index contributed by atoms with van der Waals surface area (Å²) < 4.78 is 0. The summed E-state index contributed by atoms with van der Waals surface area (Å²) in [4.78, 5) is 16.2. The summed E-state index contributed by atoms with van der Waals surface area (Å²) in [5, 5.41) is 6.24. The van der Waals surface area contributed by atoms with E-state index in [0.717, 1.165) is 24.1 Å². The zero-order valence-electron chi connectivity index (χ0n) is 11.2. The van der Waals surface area contributed by atoms with E-state index in [2.05, 4.69) is 21.7 Å². The van der Waals surface area contributed by atoms with E-state index in [1.807, 2.05) is 36.5 Å². The number of hydrogen-bond donors (Lipinski definition) is 2. The molecule has 1 amide bonds. The van der Waals surface area contributed by atoms with Gasteiger partial charge in [0.25, 0.3) is 0 Å². The summed E-state index contributed by atoms with van der Waals surface area (Å²) in [5.41, 5.74) is 3.41. The number of rotatable bonds is 4. The molecule has 1 unspecified atom stereocenters. The van der Waals surface area contributed by atoms with Crippen LogP contribution in [0.25, 0.3) is 0 Å². The topological polar surface area (TPSA) is 54.0 Å². The fourth-order valence-corrected chi connectivity index (χ4v) is 2.46. The van der Waals surface area contributed by atoms with Crippen molar-refractivity contribution in [1.82, 2.24) is 10.3 Å². The van der Waals surface area contributed by atoms with Crippen LogP contribution in [0, 0.1) is 0 Å². The van der Waals surface area contributed by atoms with Crippen molar-refractivity contribution in [3.8, 4) is 0 Å². The number of carbonyl (C=O) groups excluding carboxylic acids is 1. The van der Waals surface area contributed by atoms with E-state index in [1.165, 1.54) is 5.56 Å². The zero-order chi connectivity index (χ0) is 13.8. The second-order valence-corrected chi connectivity index (χ2v) is 4.96. The highest BCUT2D eigenvalue weighted by molar-refractivity contribution is 5.87. The van der Waals surface area contributed by atoms with Crippen molar-refractivity contribution in [3.63, 3.8) is 0 Å². The van der Waals surface area contributed by atoms with Crippen LogP contribution in [0.2, 0.25) is 0 Å². The third kappa shape index (κ3) is 2.79. The number of benzene rings is 1. The standard InChI is InChI=1S/C16H17N3O/c20-16(18-9-7-12-4-3-8-17-11-12)15-10-13-5-1-2-6-14(13)19-15/h1-6,8,11,15,19H,7,9-10H2,(H,18,20). The first kappa shape index (κ1) is 12.7. The molecule has 1 aliphatic heterocycles. The molecule has 0 aliphatic carbocycles. The molecule has 1 aliphatic rings. The van der Waals surface area contributed by atoms with Crippen LogP contribution in [0.4, 0.5) is 5.69 Å². The molecule has 1 aromatic carbocycles. The average Bonchev–Trinajstić information content (AvgIpc) is 2.92. The molecule has 1 aromatic heterocycles. The third-order valence-electron chi connectivity index (χ3n) is 3.52. The number of carbonyl (C=O) groups is 1. The SMILES string of the molecule is O=C(NCCc1cccnc1)C1Cc2ccccc2N1. The summed E-state index contributed by atoms with van der Waals surface area (Å²) >= 11 is 0. The lowest BCUT2D eigenvalue weighted by molar-refractivity contribution is -0.121. The highest BCUT2D eigenvalue weighted by Gasteiger charge is 2.25. The highest BCUT2D eigenvalue weighted by Crippen LogP contribution is 2.24. The Morgan fingerprint density at radius 1 is 1.30 bits per heavy atom. The number of pyridine rings is 1. The van der Waals surface area contributed by atoms with Crippen LogP contribution < -0.4 is 10.6 Å². The minimum Gasteiger partial charge on any atom is -0.373 e. The lowest BCUT2D eigenvalue weighted by atomic mass is 10.1. The summed E-state index contributed by atoms with van der Waals surface area (Å²) in [6.07, 6.45) is 5.14. The molecule has 4 nitrogen and oxygen atoms in total. The number of aromatic nitrogens is 1. The second-order valence-electron chi connectivity index (χ2n) is 4.96. The molecule has 2 N–H and O–H groups in total. The van der Waals surface area contributed by atoms with Gasteiger partial charge < -0.3 is 10.6 Å². The lowest BCUT2D eigenvalue weighted by Crippen LogP contribution is -2.39. The van der Waals surface area contributed by atoms with Crippen molar-refractivity contribution < 1.29 is 4.79 Å². The first-order valence-corrected chi connectivity index (χ1v) is 6.84. The normalized spacial score (nSPS) is 16.3. The molecule has 2 aromatic rings. The highest BCUT2D eigenvalue weighted by atomic mass is 16.2. The first-order valence-electron chi connectivity index (χ1n) is 6.84. The number of fused-ring (bicyclic) bond motifs is 1. The van der Waals surface area contributed by atoms with Gasteiger partial charge in [-0.05, 0) is 29.7 Å². The minimum absolute atomic E-state index is 0.0603. The predicted octanol–water partition coefficient (Wildman–Crippen LogP) is 1.78. The maximum atomic E-state index is 12.1. The van der Waals surface area contributed by atoms with Gasteiger partial charge in [-0.1, -0.05) is 24.3 Å². The van der Waals surface area contributed by atoms with Crippen molar-refractivity contribution in [1.29, 1.82) is 0 Å². The van der Waals surface area contributed by atoms with Crippen molar-refractivity contribution in [2.45, 2.75) is 18.9 Å². The van der Waals surface area contributed by atoms with Gasteiger partial charge in [-0.2, -0.15) is 0 Å². The molecule has 0 radical (unpaired) electrons. The summed E-state index contributed by atoms with van der Waals surface area (Å²) in [6, 6.07) is 11.8. The number of hydrogen-bond acceptors (Lipinski definition) is 3. The maximum absolute atomic E-state index is 12.1. The van der Waals surface area contributed by atoms with E-state index in [-0.39, 0.29) is 11.9 Å². The Labute approximate surface area is 118 Å². The molecule has 0 saturated carbocycles. The molecule has 0 spiro atoms. The lowest BCUT2D eigenvalue weighted by Gasteiger charge is -2.11. The number of para-hydroxylation sites is 1. The first-order chi connectivity index (χ1) is 9.83. The van der Waals surface area contributed by atoms with Gasteiger partial charge in [-0.3, -0.25) is 9.78 Å². The summed E-state index contributed by atoms with van der Waals surface area (Å²) in [6.45, 7) is 0.638. The molecule has 1 atom stereocenters. The van der Waals surface area contributed by atoms with Crippen LogP contribution in [-0.4, -0.2) is 23.5 Å². The Kier molecular flexibility index (Phi) is 3.63. The van der Waals surface area contributed by atoms with Gasteiger partial charge in [-0.15, -0.1) is 0 Å². The molecular weight excluding hydrogens is 250 g/mol. The largest absolute Gasteiger partial charge is 0.373 e. The van der Waals surface area contributed by atoms with Crippen LogP contribution in [-0.2, 0) is 17.6 Å². The Hall–Kier alpha value is -2.36. The van der Waals surface area contributed by atoms with Crippen molar-refractivity contribution >= 4 is 11.6 Å². The molecule has 0 fully saturated rings. The molecule has 3 rings (SSSR count). The molecule has 0 bridgehead atoms. The molecular formula is C16H17N3O. The molecule has 4 heteroatoms. The van der Waals surface area contributed by atoms with Gasteiger partial charge in [0.1, 0.15) is 6.04 Å². The maximum Gasteiger partial charge on any atom is 0.242 e. The number of amides is 1. The molecule has 102 valence electrons. The van der Waals surface area contributed by atoms with Gasteiger partial charge in [0.15, 0.2) is 0 Å². The van der Waals surface area contributed by atoms with E-state index in [4.69, 9.17) is 0 Å². The predicted molar refractivity (Wildman–Crippen MR) is 78.5 cm³/mol.